The minimum absolute atomic E-state index is 0.298. The van der Waals surface area contributed by atoms with Crippen LogP contribution in [0.5, 0.6) is 5.75 Å². The summed E-state index contributed by atoms with van der Waals surface area (Å²) in [6, 6.07) is 7.46. The minimum atomic E-state index is -0.963. The summed E-state index contributed by atoms with van der Waals surface area (Å²) in [5.41, 5.74) is 1.17. The van der Waals surface area contributed by atoms with Crippen LogP contribution < -0.4 is 10.1 Å². The molecule has 17 heavy (non-hydrogen) atoms. The number of rotatable bonds is 8. The SMILES string of the molecule is CCCCNCc1ccc(OCC(=O)O)cc1. The van der Waals surface area contributed by atoms with Crippen molar-refractivity contribution >= 4 is 5.97 Å². The molecule has 0 unspecified atom stereocenters. The van der Waals surface area contributed by atoms with Gasteiger partial charge in [0.2, 0.25) is 0 Å². The summed E-state index contributed by atoms with van der Waals surface area (Å²) in [6.45, 7) is 3.72. The Hall–Kier alpha value is -1.55. The maximum absolute atomic E-state index is 10.3. The summed E-state index contributed by atoms with van der Waals surface area (Å²) in [7, 11) is 0. The highest BCUT2D eigenvalue weighted by molar-refractivity contribution is 5.68. The van der Waals surface area contributed by atoms with E-state index >= 15 is 0 Å². The highest BCUT2D eigenvalue weighted by Gasteiger charge is 1.99. The third kappa shape index (κ3) is 5.92. The van der Waals surface area contributed by atoms with Gasteiger partial charge in [-0.1, -0.05) is 25.5 Å². The van der Waals surface area contributed by atoms with Crippen LogP contribution in [0.1, 0.15) is 25.3 Å². The summed E-state index contributed by atoms with van der Waals surface area (Å²) in [6.07, 6.45) is 2.37. The van der Waals surface area contributed by atoms with Crippen LogP contribution in [0.15, 0.2) is 24.3 Å². The van der Waals surface area contributed by atoms with Gasteiger partial charge in [0.1, 0.15) is 5.75 Å². The van der Waals surface area contributed by atoms with Crippen LogP contribution in [-0.2, 0) is 11.3 Å². The molecule has 0 saturated heterocycles. The van der Waals surface area contributed by atoms with Gasteiger partial charge in [0.15, 0.2) is 6.61 Å². The fourth-order valence-corrected chi connectivity index (χ4v) is 1.38. The lowest BCUT2D eigenvalue weighted by Gasteiger charge is -2.06. The monoisotopic (exact) mass is 237 g/mol. The molecule has 0 heterocycles. The molecular formula is C13H19NO3. The van der Waals surface area contributed by atoms with Crippen molar-refractivity contribution in [3.63, 3.8) is 0 Å². The Kier molecular flexibility index (Phi) is 6.10. The highest BCUT2D eigenvalue weighted by Crippen LogP contribution is 2.11. The summed E-state index contributed by atoms with van der Waals surface area (Å²) < 4.78 is 5.05. The molecule has 0 aliphatic heterocycles. The first kappa shape index (κ1) is 13.5. The van der Waals surface area contributed by atoms with Crippen molar-refractivity contribution in [2.24, 2.45) is 0 Å². The smallest absolute Gasteiger partial charge is 0.341 e. The first-order chi connectivity index (χ1) is 8.22. The summed E-state index contributed by atoms with van der Waals surface area (Å²) in [5, 5.41) is 11.8. The first-order valence-corrected chi connectivity index (χ1v) is 5.86. The quantitative estimate of drug-likeness (QED) is 0.679. The molecule has 0 aliphatic rings. The van der Waals surface area contributed by atoms with Gasteiger partial charge in [-0.05, 0) is 30.7 Å². The van der Waals surface area contributed by atoms with Crippen molar-refractivity contribution in [3.05, 3.63) is 29.8 Å². The van der Waals surface area contributed by atoms with Crippen LogP contribution in [-0.4, -0.2) is 24.2 Å². The maximum atomic E-state index is 10.3. The molecule has 0 bridgehead atoms. The molecule has 0 fully saturated rings. The third-order valence-corrected chi connectivity index (χ3v) is 2.32. The van der Waals surface area contributed by atoms with Gasteiger partial charge in [0.05, 0.1) is 0 Å². The van der Waals surface area contributed by atoms with Gasteiger partial charge in [-0.2, -0.15) is 0 Å². The number of hydrogen-bond acceptors (Lipinski definition) is 3. The fourth-order valence-electron chi connectivity index (χ4n) is 1.38. The number of benzene rings is 1. The van der Waals surface area contributed by atoms with E-state index < -0.39 is 5.97 Å². The summed E-state index contributed by atoms with van der Waals surface area (Å²) in [4.78, 5) is 10.3. The summed E-state index contributed by atoms with van der Waals surface area (Å²) in [5.74, 6) is -0.375. The first-order valence-electron chi connectivity index (χ1n) is 5.86. The van der Waals surface area contributed by atoms with E-state index in [4.69, 9.17) is 9.84 Å². The standard InChI is InChI=1S/C13H19NO3/c1-2-3-8-14-9-11-4-6-12(7-5-11)17-10-13(15)16/h4-7,14H,2-3,8-10H2,1H3,(H,15,16). The lowest BCUT2D eigenvalue weighted by Crippen LogP contribution is -2.14. The van der Waals surface area contributed by atoms with Crippen molar-refractivity contribution in [2.45, 2.75) is 26.3 Å². The number of nitrogens with one attached hydrogen (secondary N) is 1. The Bertz CT molecular complexity index is 335. The molecule has 94 valence electrons. The highest BCUT2D eigenvalue weighted by atomic mass is 16.5. The van der Waals surface area contributed by atoms with E-state index in [2.05, 4.69) is 12.2 Å². The number of carboxylic acid groups (broad SMARTS) is 1. The van der Waals surface area contributed by atoms with Crippen LogP contribution in [0.4, 0.5) is 0 Å². The van der Waals surface area contributed by atoms with Gasteiger partial charge in [-0.3, -0.25) is 0 Å². The second-order valence-electron chi connectivity index (χ2n) is 3.86. The Balaban J connectivity index is 2.31. The average molecular weight is 237 g/mol. The molecule has 0 saturated carbocycles. The zero-order valence-corrected chi connectivity index (χ0v) is 10.1. The second-order valence-corrected chi connectivity index (χ2v) is 3.86. The van der Waals surface area contributed by atoms with Gasteiger partial charge in [0.25, 0.3) is 0 Å². The molecule has 0 atom stereocenters. The third-order valence-electron chi connectivity index (χ3n) is 2.32. The van der Waals surface area contributed by atoms with Gasteiger partial charge < -0.3 is 15.2 Å². The second kappa shape index (κ2) is 7.68. The van der Waals surface area contributed by atoms with E-state index in [0.29, 0.717) is 5.75 Å². The van der Waals surface area contributed by atoms with Crippen molar-refractivity contribution < 1.29 is 14.6 Å². The van der Waals surface area contributed by atoms with Gasteiger partial charge in [0, 0.05) is 6.54 Å². The summed E-state index contributed by atoms with van der Waals surface area (Å²) >= 11 is 0. The normalized spacial score (nSPS) is 10.2. The molecule has 1 aromatic rings. The number of unbranched alkanes of at least 4 members (excludes halogenated alkanes) is 1. The van der Waals surface area contributed by atoms with Crippen LogP contribution in [0.2, 0.25) is 0 Å². The van der Waals surface area contributed by atoms with Crippen molar-refractivity contribution in [1.82, 2.24) is 5.32 Å². The Labute approximate surface area is 102 Å². The Morgan fingerprint density at radius 1 is 1.35 bits per heavy atom. The van der Waals surface area contributed by atoms with E-state index in [9.17, 15) is 4.79 Å². The van der Waals surface area contributed by atoms with Crippen LogP contribution in [0.3, 0.4) is 0 Å². The van der Waals surface area contributed by atoms with Crippen LogP contribution >= 0.6 is 0 Å². The predicted molar refractivity (Wildman–Crippen MR) is 66.2 cm³/mol. The number of carbonyl (C=O) groups is 1. The average Bonchev–Trinajstić information content (AvgIpc) is 2.33. The Morgan fingerprint density at radius 3 is 2.65 bits per heavy atom. The van der Waals surface area contributed by atoms with E-state index in [1.165, 1.54) is 18.4 Å². The van der Waals surface area contributed by atoms with Crippen molar-refractivity contribution in [3.8, 4) is 5.75 Å². The van der Waals surface area contributed by atoms with Crippen molar-refractivity contribution in [1.29, 1.82) is 0 Å². The molecule has 1 aromatic carbocycles. The predicted octanol–water partition coefficient (Wildman–Crippen LogP) is 2.04. The van der Waals surface area contributed by atoms with E-state index in [1.807, 2.05) is 12.1 Å². The van der Waals surface area contributed by atoms with Crippen LogP contribution in [0, 0.1) is 0 Å². The minimum Gasteiger partial charge on any atom is -0.482 e. The molecule has 0 aliphatic carbocycles. The molecule has 0 spiro atoms. The molecule has 2 N–H and O–H groups in total. The number of aliphatic carboxylic acids is 1. The van der Waals surface area contributed by atoms with Gasteiger partial charge in [-0.15, -0.1) is 0 Å². The molecule has 0 amide bonds. The topological polar surface area (TPSA) is 58.6 Å². The van der Waals surface area contributed by atoms with Gasteiger partial charge >= 0.3 is 5.97 Å². The molecule has 4 nitrogen and oxygen atoms in total. The molecular weight excluding hydrogens is 218 g/mol. The van der Waals surface area contributed by atoms with Gasteiger partial charge in [-0.25, -0.2) is 4.79 Å². The number of carboxylic acids is 1. The largest absolute Gasteiger partial charge is 0.482 e. The molecule has 0 radical (unpaired) electrons. The Morgan fingerprint density at radius 2 is 2.06 bits per heavy atom. The van der Waals surface area contributed by atoms with E-state index in [0.717, 1.165) is 13.1 Å². The van der Waals surface area contributed by atoms with E-state index in [1.54, 1.807) is 12.1 Å². The lowest BCUT2D eigenvalue weighted by atomic mass is 10.2. The fraction of sp³-hybridized carbons (Fsp3) is 0.462. The molecule has 4 heteroatoms. The number of hydrogen-bond donors (Lipinski definition) is 2. The maximum Gasteiger partial charge on any atom is 0.341 e. The van der Waals surface area contributed by atoms with Crippen LogP contribution in [0.25, 0.3) is 0 Å². The zero-order valence-electron chi connectivity index (χ0n) is 10.1. The number of ether oxygens (including phenoxy) is 1. The lowest BCUT2D eigenvalue weighted by molar-refractivity contribution is -0.139. The van der Waals surface area contributed by atoms with Crippen molar-refractivity contribution in [2.75, 3.05) is 13.2 Å². The molecule has 1 rings (SSSR count). The molecule has 0 aromatic heterocycles. The zero-order chi connectivity index (χ0) is 12.5. The van der Waals surface area contributed by atoms with E-state index in [-0.39, 0.29) is 6.61 Å².